The summed E-state index contributed by atoms with van der Waals surface area (Å²) < 4.78 is 6.35. The Bertz CT molecular complexity index is 1290. The Morgan fingerprint density at radius 1 is 1.13 bits per heavy atom. The third kappa shape index (κ3) is 7.86. The van der Waals surface area contributed by atoms with E-state index >= 15 is 0 Å². The van der Waals surface area contributed by atoms with Crippen LogP contribution in [0.25, 0.3) is 11.1 Å². The molecule has 6 heteroatoms. The highest BCUT2D eigenvalue weighted by Gasteiger charge is 2.21. The minimum Gasteiger partial charge on any atom is -0.365 e. The van der Waals surface area contributed by atoms with Gasteiger partial charge in [0.15, 0.2) is 0 Å². The van der Waals surface area contributed by atoms with Crippen molar-refractivity contribution in [3.63, 3.8) is 0 Å². The second-order valence-corrected chi connectivity index (χ2v) is 11.8. The van der Waals surface area contributed by atoms with Crippen LogP contribution in [0.1, 0.15) is 82.1 Å². The second kappa shape index (κ2) is 13.5. The van der Waals surface area contributed by atoms with Gasteiger partial charge in [-0.1, -0.05) is 77.0 Å². The van der Waals surface area contributed by atoms with E-state index in [2.05, 4.69) is 76.8 Å². The van der Waals surface area contributed by atoms with Gasteiger partial charge in [0.1, 0.15) is 12.4 Å². The number of benzene rings is 2. The molecule has 0 saturated carbocycles. The summed E-state index contributed by atoms with van der Waals surface area (Å²) >= 11 is 1.55. The molecule has 0 spiro atoms. The van der Waals surface area contributed by atoms with E-state index in [4.69, 9.17) is 9.57 Å². The molecule has 1 aliphatic rings. The third-order valence-corrected chi connectivity index (χ3v) is 7.87. The van der Waals surface area contributed by atoms with Gasteiger partial charge in [-0.25, -0.2) is 0 Å². The van der Waals surface area contributed by atoms with Crippen LogP contribution < -0.4 is 0 Å². The number of aryl methyl sites for hydroxylation is 1. The highest BCUT2D eigenvalue weighted by molar-refractivity contribution is 7.09. The Balaban J connectivity index is 0.000000505. The molecule has 1 aromatic heterocycles. The summed E-state index contributed by atoms with van der Waals surface area (Å²) in [6, 6.07) is 16.3. The molecule has 0 saturated heterocycles. The first-order valence-corrected chi connectivity index (χ1v) is 14.0. The summed E-state index contributed by atoms with van der Waals surface area (Å²) in [4.78, 5) is 10.5. The number of oxime groups is 1. The molecule has 0 fully saturated rings. The maximum atomic E-state index is 9.68. The number of hydrogen-bond donors (Lipinski definition) is 0. The monoisotopic (exact) mass is 529 g/mol. The molecule has 2 heterocycles. The van der Waals surface area contributed by atoms with Gasteiger partial charge >= 0.3 is 0 Å². The predicted octanol–water partition coefficient (Wildman–Crippen LogP) is 8.85. The predicted molar refractivity (Wildman–Crippen MR) is 157 cm³/mol. The Kier molecular flexibility index (Phi) is 10.4. The summed E-state index contributed by atoms with van der Waals surface area (Å²) in [6.45, 7) is 15.8. The molecule has 200 valence electrons. The summed E-state index contributed by atoms with van der Waals surface area (Å²) in [5.74, 6) is 0.799. The van der Waals surface area contributed by atoms with Gasteiger partial charge in [0.2, 0.25) is 0 Å². The molecule has 1 unspecified atom stereocenters. The number of ether oxygens (including phenoxy) is 1. The maximum absolute atomic E-state index is 9.68. The molecular formula is C32H39N3O2S. The molecule has 5 nitrogen and oxygen atoms in total. The molecule has 0 amide bonds. The number of thiazole rings is 1. The quantitative estimate of drug-likeness (QED) is 0.306. The summed E-state index contributed by atoms with van der Waals surface area (Å²) in [6.07, 6.45) is 4.92. The van der Waals surface area contributed by atoms with Crippen LogP contribution in [-0.4, -0.2) is 17.3 Å². The fourth-order valence-corrected chi connectivity index (χ4v) is 4.29. The normalized spacial score (nSPS) is 14.0. The van der Waals surface area contributed by atoms with Crippen molar-refractivity contribution in [1.82, 2.24) is 4.98 Å². The smallest absolute Gasteiger partial charge is 0.121 e. The Morgan fingerprint density at radius 3 is 2.47 bits per heavy atom. The van der Waals surface area contributed by atoms with Crippen LogP contribution >= 0.6 is 11.3 Å². The van der Waals surface area contributed by atoms with Gasteiger partial charge in [0.05, 0.1) is 34.3 Å². The third-order valence-electron chi connectivity index (χ3n) is 7.05. The van der Waals surface area contributed by atoms with Crippen LogP contribution in [0.2, 0.25) is 0 Å². The Morgan fingerprint density at radius 2 is 1.87 bits per heavy atom. The summed E-state index contributed by atoms with van der Waals surface area (Å²) in [5.41, 5.74) is 9.06. The van der Waals surface area contributed by atoms with Gasteiger partial charge < -0.3 is 9.57 Å². The lowest BCUT2D eigenvalue weighted by Crippen LogP contribution is -2.16. The highest BCUT2D eigenvalue weighted by atomic mass is 32.1. The van der Waals surface area contributed by atoms with Gasteiger partial charge in [0.25, 0.3) is 0 Å². The van der Waals surface area contributed by atoms with Gasteiger partial charge in [-0.15, -0.1) is 11.3 Å². The van der Waals surface area contributed by atoms with Crippen LogP contribution in [0, 0.1) is 29.6 Å². The number of aromatic nitrogens is 1. The lowest BCUT2D eigenvalue weighted by molar-refractivity contribution is 0.111. The van der Waals surface area contributed by atoms with Crippen LogP contribution in [0.5, 0.6) is 0 Å². The van der Waals surface area contributed by atoms with Crippen molar-refractivity contribution < 1.29 is 9.57 Å². The fraction of sp³-hybridized carbons (Fsp3) is 0.406. The highest BCUT2D eigenvalue weighted by Crippen LogP contribution is 2.34. The lowest BCUT2D eigenvalue weighted by atomic mass is 9.84. The molecule has 1 atom stereocenters. The summed E-state index contributed by atoms with van der Waals surface area (Å²) in [5, 5.41) is 13.8. The lowest BCUT2D eigenvalue weighted by Gasteiger charge is -2.22. The van der Waals surface area contributed by atoms with Gasteiger partial charge in [-0.2, -0.15) is 5.26 Å². The minimum absolute atomic E-state index is 0.304. The molecule has 1 aliphatic heterocycles. The number of hydrogen-bond acceptors (Lipinski definition) is 6. The van der Waals surface area contributed by atoms with E-state index in [0.717, 1.165) is 51.6 Å². The van der Waals surface area contributed by atoms with Crippen molar-refractivity contribution in [2.75, 3.05) is 6.61 Å². The van der Waals surface area contributed by atoms with Crippen molar-refractivity contribution in [3.05, 3.63) is 87.6 Å². The molecule has 4 rings (SSSR count). The topological polar surface area (TPSA) is 67.5 Å². The number of allylic oxidation sites excluding steroid dienone is 1. The molecule has 0 bridgehead atoms. The van der Waals surface area contributed by atoms with Crippen molar-refractivity contribution in [3.8, 4) is 17.2 Å². The van der Waals surface area contributed by atoms with Crippen LogP contribution in [-0.2, 0) is 9.57 Å². The van der Waals surface area contributed by atoms with Crippen molar-refractivity contribution >= 4 is 17.0 Å². The van der Waals surface area contributed by atoms with Crippen LogP contribution in [0.15, 0.2) is 71.2 Å². The van der Waals surface area contributed by atoms with Gasteiger partial charge in [-0.3, -0.25) is 4.98 Å². The zero-order valence-electron chi connectivity index (χ0n) is 23.6. The average Bonchev–Trinajstić information content (AvgIpc) is 3.44. The Hall–Kier alpha value is -3.27. The van der Waals surface area contributed by atoms with Crippen LogP contribution in [0.3, 0.4) is 0 Å². The summed E-state index contributed by atoms with van der Waals surface area (Å²) in [7, 11) is 0. The zero-order chi connectivity index (χ0) is 27.7. The first-order valence-electron chi connectivity index (χ1n) is 13.1. The van der Waals surface area contributed by atoms with Crippen LogP contribution in [0.4, 0.5) is 0 Å². The SMILES string of the molecule is CC(C)C(C)(C)C.CCC1=CON=C(COC(c2ccc(C#N)c(-c3ccccc3C)c2)c2cncs2)C1. The first-order chi connectivity index (χ1) is 18.1. The second-order valence-electron chi connectivity index (χ2n) is 10.9. The van der Waals surface area contributed by atoms with E-state index in [1.807, 2.05) is 36.5 Å². The van der Waals surface area contributed by atoms with Crippen molar-refractivity contribution in [1.29, 1.82) is 5.26 Å². The standard InChI is InChI=1S/C25H23N3O2S.C7H16/c1-3-18-10-21(28-30-14-18)15-29-25(24-13-27-16-31-24)19-8-9-20(12-26)23(11-19)22-7-5-4-6-17(22)2;1-6(2)7(3,4)5/h4-9,11,13-14,16,25H,3,10,15H2,1-2H3;6H,1-5H3. The largest absolute Gasteiger partial charge is 0.365 e. The number of rotatable bonds is 7. The molecule has 0 radical (unpaired) electrons. The fourth-order valence-electron chi connectivity index (χ4n) is 3.59. The molecular weight excluding hydrogens is 490 g/mol. The zero-order valence-corrected chi connectivity index (χ0v) is 24.4. The molecule has 3 aromatic rings. The van der Waals surface area contributed by atoms with Crippen molar-refractivity contribution in [2.45, 2.75) is 67.4 Å². The van der Waals surface area contributed by atoms with Crippen molar-refractivity contribution in [2.24, 2.45) is 16.5 Å². The van der Waals surface area contributed by atoms with E-state index in [1.54, 1.807) is 23.1 Å². The molecule has 0 N–H and O–H groups in total. The average molecular weight is 530 g/mol. The van der Waals surface area contributed by atoms with E-state index in [1.165, 1.54) is 5.57 Å². The van der Waals surface area contributed by atoms with E-state index in [0.29, 0.717) is 17.6 Å². The van der Waals surface area contributed by atoms with E-state index < -0.39 is 0 Å². The van der Waals surface area contributed by atoms with E-state index in [9.17, 15) is 5.26 Å². The van der Waals surface area contributed by atoms with Gasteiger partial charge in [-0.05, 0) is 59.1 Å². The minimum atomic E-state index is -0.304. The van der Waals surface area contributed by atoms with E-state index in [-0.39, 0.29) is 6.10 Å². The number of nitriles is 1. The molecule has 2 aromatic carbocycles. The van der Waals surface area contributed by atoms with Gasteiger partial charge in [0, 0.05) is 18.2 Å². The molecule has 38 heavy (non-hydrogen) atoms. The molecule has 0 aliphatic carbocycles. The first kappa shape index (κ1) is 29.3. The number of nitrogens with zero attached hydrogens (tertiary/aromatic N) is 3. The Labute approximate surface area is 231 Å². The maximum Gasteiger partial charge on any atom is 0.121 e.